The van der Waals surface area contributed by atoms with Crippen molar-refractivity contribution in [3.05, 3.63) is 0 Å². The molecule has 0 saturated carbocycles. The first kappa shape index (κ1) is 13.8. The normalized spacial score (nSPS) is 8.55. The second kappa shape index (κ2) is 10.3. The summed E-state index contributed by atoms with van der Waals surface area (Å²) in [4.78, 5) is 10.7. The maximum atomic E-state index is 10.7. The zero-order valence-corrected chi connectivity index (χ0v) is 11.6. The second-order valence-corrected chi connectivity index (χ2v) is 2.26. The number of ether oxygens (including phenoxy) is 1. The number of unbranched alkanes of at least 4 members (excludes halogenated alkanes) is 2. The van der Waals surface area contributed by atoms with Gasteiger partial charge < -0.3 is 4.74 Å². The average Bonchev–Trinajstić information content (AvgIpc) is 1.89. The molecule has 0 aliphatic rings. The monoisotopic (exact) mass is 266 g/mol. The summed E-state index contributed by atoms with van der Waals surface area (Å²) in [5.74, 6) is -0.0593. The summed E-state index contributed by atoms with van der Waals surface area (Å²) in [6, 6.07) is 0. The summed E-state index contributed by atoms with van der Waals surface area (Å²) in [5.41, 5.74) is 0. The van der Waals surface area contributed by atoms with Gasteiger partial charge in [-0.25, -0.2) is 0 Å². The molecule has 0 N–H and O–H groups in total. The van der Waals surface area contributed by atoms with Gasteiger partial charge in [0.05, 0.1) is 6.61 Å². The van der Waals surface area contributed by atoms with Crippen molar-refractivity contribution in [3.8, 4) is 0 Å². The van der Waals surface area contributed by atoms with Crippen LogP contribution in [0.15, 0.2) is 0 Å². The van der Waals surface area contributed by atoms with E-state index in [1.807, 2.05) is 6.92 Å². The predicted molar refractivity (Wildman–Crippen MR) is 49.3 cm³/mol. The molecule has 0 bridgehead atoms. The van der Waals surface area contributed by atoms with Crippen molar-refractivity contribution >= 4 is 29.9 Å². The van der Waals surface area contributed by atoms with Crippen LogP contribution in [0, 0.1) is 0 Å². The molecule has 0 aromatic heterocycles. The predicted octanol–water partition coefficient (Wildman–Crippen LogP) is 1.21. The van der Waals surface area contributed by atoms with Crippen LogP contribution < -0.4 is 0 Å². The quantitative estimate of drug-likeness (QED) is 0.424. The number of rotatable bonds is 5. The van der Waals surface area contributed by atoms with Crippen LogP contribution in [0.4, 0.5) is 0 Å². The van der Waals surface area contributed by atoms with E-state index < -0.39 is 0 Å². The number of carbonyl (C=O) groups excluding carboxylic acids is 1. The van der Waals surface area contributed by atoms with Crippen LogP contribution >= 0.6 is 0 Å². The summed E-state index contributed by atoms with van der Waals surface area (Å²) < 4.78 is 4.75. The van der Waals surface area contributed by atoms with Crippen molar-refractivity contribution < 1.29 is 9.53 Å². The second-order valence-electron chi connectivity index (χ2n) is 2.26. The van der Waals surface area contributed by atoms with E-state index in [0.717, 1.165) is 19.3 Å². The fourth-order valence-corrected chi connectivity index (χ4v) is 0.752. The standard InChI is InChI=1S/C8H16O2.Sn.2H/c1-3-5-6-7-8(9)10-4-2;;;/h3-7H2,1-2H3;;;. The van der Waals surface area contributed by atoms with E-state index in [9.17, 15) is 4.79 Å². The Hall–Kier alpha value is 0.269. The first-order chi connectivity index (χ1) is 4.81. The van der Waals surface area contributed by atoms with E-state index >= 15 is 0 Å². The van der Waals surface area contributed by atoms with E-state index in [4.69, 9.17) is 4.74 Å². The SMILES string of the molecule is CCCCCC(=O)OCC.[SnH2]. The Morgan fingerprint density at radius 2 is 1.91 bits per heavy atom. The van der Waals surface area contributed by atoms with Crippen molar-refractivity contribution in [3.63, 3.8) is 0 Å². The Kier molecular flexibility index (Phi) is 12.9. The summed E-state index contributed by atoms with van der Waals surface area (Å²) in [6.07, 6.45) is 3.83. The Balaban J connectivity index is 0. The van der Waals surface area contributed by atoms with Gasteiger partial charge >= 0.3 is 29.9 Å². The number of hydrogen-bond donors (Lipinski definition) is 0. The first-order valence-corrected chi connectivity index (χ1v) is 3.96. The minimum absolute atomic E-state index is 0. The Labute approximate surface area is 85.6 Å². The molecule has 0 aliphatic carbocycles. The average molecular weight is 265 g/mol. The van der Waals surface area contributed by atoms with Gasteiger partial charge in [0.2, 0.25) is 0 Å². The molecule has 11 heavy (non-hydrogen) atoms. The van der Waals surface area contributed by atoms with Gasteiger partial charge in [-0.1, -0.05) is 19.8 Å². The van der Waals surface area contributed by atoms with E-state index in [0.29, 0.717) is 13.0 Å². The zero-order valence-electron chi connectivity index (χ0n) is 7.56. The third kappa shape index (κ3) is 10.3. The van der Waals surface area contributed by atoms with Gasteiger partial charge in [-0.15, -0.1) is 0 Å². The topological polar surface area (TPSA) is 26.3 Å². The molecule has 0 aromatic rings. The maximum absolute atomic E-state index is 10.7. The van der Waals surface area contributed by atoms with E-state index in [1.165, 1.54) is 0 Å². The molecule has 0 fully saturated rings. The van der Waals surface area contributed by atoms with Crippen molar-refractivity contribution in [1.82, 2.24) is 0 Å². The van der Waals surface area contributed by atoms with Crippen molar-refractivity contribution in [2.24, 2.45) is 0 Å². The van der Waals surface area contributed by atoms with Crippen LogP contribution in [-0.4, -0.2) is 36.5 Å². The van der Waals surface area contributed by atoms with Gasteiger partial charge in [0, 0.05) is 6.42 Å². The molecule has 0 aliphatic heterocycles. The van der Waals surface area contributed by atoms with Crippen LogP contribution in [0.5, 0.6) is 0 Å². The van der Waals surface area contributed by atoms with Crippen LogP contribution in [-0.2, 0) is 9.53 Å². The molecule has 2 radical (unpaired) electrons. The molecule has 2 nitrogen and oxygen atoms in total. The van der Waals surface area contributed by atoms with Crippen LogP contribution in [0.1, 0.15) is 39.5 Å². The summed E-state index contributed by atoms with van der Waals surface area (Å²) in [6.45, 7) is 4.45. The van der Waals surface area contributed by atoms with Crippen molar-refractivity contribution in [2.75, 3.05) is 6.61 Å². The zero-order chi connectivity index (χ0) is 7.82. The van der Waals surface area contributed by atoms with Crippen LogP contribution in [0.2, 0.25) is 0 Å². The third-order valence-corrected chi connectivity index (χ3v) is 1.29. The molecule has 3 heteroatoms. The molecule has 0 spiro atoms. The molecule has 0 heterocycles. The van der Waals surface area contributed by atoms with Gasteiger partial charge in [-0.2, -0.15) is 0 Å². The molecule has 0 unspecified atom stereocenters. The van der Waals surface area contributed by atoms with Crippen molar-refractivity contribution in [2.45, 2.75) is 39.5 Å². The van der Waals surface area contributed by atoms with Crippen LogP contribution in [0.3, 0.4) is 0 Å². The molecule has 0 saturated heterocycles. The Morgan fingerprint density at radius 1 is 1.27 bits per heavy atom. The number of carbonyl (C=O) groups is 1. The molecule has 0 aromatic carbocycles. The van der Waals surface area contributed by atoms with Gasteiger partial charge in [-0.05, 0) is 13.3 Å². The van der Waals surface area contributed by atoms with Gasteiger partial charge in [-0.3, -0.25) is 4.79 Å². The Morgan fingerprint density at radius 3 is 2.36 bits per heavy atom. The van der Waals surface area contributed by atoms with Gasteiger partial charge in [0.15, 0.2) is 0 Å². The third-order valence-electron chi connectivity index (χ3n) is 1.29. The Bertz CT molecular complexity index is 94.1. The molecule has 0 amide bonds. The van der Waals surface area contributed by atoms with Crippen LogP contribution in [0.25, 0.3) is 0 Å². The summed E-state index contributed by atoms with van der Waals surface area (Å²) in [7, 11) is 0. The number of hydrogen-bond acceptors (Lipinski definition) is 2. The van der Waals surface area contributed by atoms with Gasteiger partial charge in [0.25, 0.3) is 0 Å². The fraction of sp³-hybridized carbons (Fsp3) is 0.875. The minimum atomic E-state index is -0.0593. The van der Waals surface area contributed by atoms with Gasteiger partial charge in [0.1, 0.15) is 0 Å². The molecule has 0 atom stereocenters. The molecular weight excluding hydrogens is 247 g/mol. The summed E-state index contributed by atoms with van der Waals surface area (Å²) >= 11 is 0. The number of esters is 1. The molecular formula is C8H18O2Sn. The van der Waals surface area contributed by atoms with E-state index in [-0.39, 0.29) is 29.9 Å². The van der Waals surface area contributed by atoms with E-state index in [2.05, 4.69) is 6.92 Å². The fourth-order valence-electron chi connectivity index (χ4n) is 0.752. The molecule has 66 valence electrons. The molecule has 0 rings (SSSR count). The summed E-state index contributed by atoms with van der Waals surface area (Å²) in [5, 5.41) is 0. The first-order valence-electron chi connectivity index (χ1n) is 3.96. The van der Waals surface area contributed by atoms with Crippen molar-refractivity contribution in [1.29, 1.82) is 0 Å². The van der Waals surface area contributed by atoms with E-state index in [1.54, 1.807) is 0 Å².